The van der Waals surface area contributed by atoms with Gasteiger partial charge in [-0.1, -0.05) is 12.1 Å². The van der Waals surface area contributed by atoms with E-state index < -0.39 is 0 Å². The number of amides is 2. The van der Waals surface area contributed by atoms with Crippen LogP contribution in [0.15, 0.2) is 24.3 Å². The van der Waals surface area contributed by atoms with E-state index in [1.165, 1.54) is 12.8 Å². The maximum atomic E-state index is 12.4. The summed E-state index contributed by atoms with van der Waals surface area (Å²) in [5.41, 5.74) is 1.87. The van der Waals surface area contributed by atoms with Gasteiger partial charge in [-0.05, 0) is 56.2 Å². The Balaban J connectivity index is 1.46. The number of ether oxygens (including phenoxy) is 2. The highest BCUT2D eigenvalue weighted by molar-refractivity contribution is 5.89. The fourth-order valence-electron chi connectivity index (χ4n) is 2.99. The molecule has 0 bridgehead atoms. The Bertz CT molecular complexity index is 551. The number of likely N-dealkylation sites (tertiary alicyclic amines) is 1. The molecular formula is C19H28N2O3. The number of anilines is 1. The molecule has 0 spiro atoms. The van der Waals surface area contributed by atoms with Gasteiger partial charge in [0, 0.05) is 32.5 Å². The summed E-state index contributed by atoms with van der Waals surface area (Å²) in [5, 5.41) is 3.00. The normalized spacial score (nSPS) is 20.0. The first-order valence-electron chi connectivity index (χ1n) is 8.96. The van der Waals surface area contributed by atoms with E-state index in [1.54, 1.807) is 7.11 Å². The molecule has 2 aliphatic rings. The number of nitrogens with zero attached hydrogens (tertiary/aromatic N) is 1. The van der Waals surface area contributed by atoms with E-state index in [2.05, 4.69) is 5.32 Å². The number of hydrogen-bond acceptors (Lipinski definition) is 3. The first kappa shape index (κ1) is 17.2. The second-order valence-electron chi connectivity index (χ2n) is 6.90. The summed E-state index contributed by atoms with van der Waals surface area (Å²) in [7, 11) is 1.69. The first-order chi connectivity index (χ1) is 11.7. The molecule has 0 aromatic heterocycles. The van der Waals surface area contributed by atoms with Crippen LogP contribution in [0.2, 0.25) is 0 Å². The molecule has 1 N–H and O–H groups in total. The molecule has 3 rings (SSSR count). The molecule has 1 aliphatic heterocycles. The molecule has 1 aromatic carbocycles. The number of nitrogens with one attached hydrogen (secondary N) is 1. The van der Waals surface area contributed by atoms with Crippen LogP contribution < -0.4 is 5.32 Å². The van der Waals surface area contributed by atoms with Gasteiger partial charge in [0.2, 0.25) is 0 Å². The first-order valence-corrected chi connectivity index (χ1v) is 8.96. The van der Waals surface area contributed by atoms with E-state index >= 15 is 0 Å². The fraction of sp³-hybridized carbons (Fsp3) is 0.632. The minimum absolute atomic E-state index is 0.0150. The molecule has 5 nitrogen and oxygen atoms in total. The number of methoxy groups -OCH3 is 1. The standard InChI is InChI=1S/C19H28N2O3/c1-14(23-2)16-4-3-5-17(12-16)20-19(22)21-10-8-18(9-11-21)24-13-15-6-7-15/h3-5,12,14-15,18H,6-11,13H2,1-2H3,(H,20,22)/t14-/m1/s1. The second kappa shape index (κ2) is 7.99. The van der Waals surface area contributed by atoms with Gasteiger partial charge in [-0.3, -0.25) is 0 Å². The van der Waals surface area contributed by atoms with Crippen LogP contribution in [0.3, 0.4) is 0 Å². The Hall–Kier alpha value is -1.59. The minimum Gasteiger partial charge on any atom is -0.378 e. The largest absolute Gasteiger partial charge is 0.378 e. The Morgan fingerprint density at radius 3 is 2.71 bits per heavy atom. The van der Waals surface area contributed by atoms with Crippen LogP contribution in [-0.2, 0) is 9.47 Å². The van der Waals surface area contributed by atoms with Gasteiger partial charge in [0.1, 0.15) is 0 Å². The predicted octanol–water partition coefficient (Wildman–Crippen LogP) is 3.82. The van der Waals surface area contributed by atoms with E-state index in [9.17, 15) is 4.79 Å². The van der Waals surface area contributed by atoms with Crippen molar-refractivity contribution >= 4 is 11.7 Å². The molecule has 1 heterocycles. The van der Waals surface area contributed by atoms with Crippen molar-refractivity contribution in [1.29, 1.82) is 0 Å². The molecule has 5 heteroatoms. The van der Waals surface area contributed by atoms with E-state index in [4.69, 9.17) is 9.47 Å². The molecule has 1 saturated heterocycles. The van der Waals surface area contributed by atoms with Crippen molar-refractivity contribution in [2.45, 2.75) is 44.8 Å². The molecule has 0 radical (unpaired) electrons. The third kappa shape index (κ3) is 4.71. The zero-order valence-electron chi connectivity index (χ0n) is 14.7. The highest BCUT2D eigenvalue weighted by atomic mass is 16.5. The number of benzene rings is 1. The van der Waals surface area contributed by atoms with E-state index in [-0.39, 0.29) is 12.1 Å². The lowest BCUT2D eigenvalue weighted by atomic mass is 10.1. The molecule has 0 unspecified atom stereocenters. The van der Waals surface area contributed by atoms with Crippen molar-refractivity contribution in [3.05, 3.63) is 29.8 Å². The van der Waals surface area contributed by atoms with Crippen molar-refractivity contribution in [2.24, 2.45) is 5.92 Å². The van der Waals surface area contributed by atoms with E-state index in [0.717, 1.165) is 49.7 Å². The van der Waals surface area contributed by atoms with E-state index in [1.807, 2.05) is 36.1 Å². The molecule has 2 fully saturated rings. The Labute approximate surface area is 144 Å². The zero-order chi connectivity index (χ0) is 16.9. The number of urea groups is 1. The molecule has 2 amide bonds. The predicted molar refractivity (Wildman–Crippen MR) is 94.2 cm³/mol. The molecule has 1 aromatic rings. The summed E-state index contributed by atoms with van der Waals surface area (Å²) < 4.78 is 11.3. The number of piperidine rings is 1. The summed E-state index contributed by atoms with van der Waals surface area (Å²) in [6.07, 6.45) is 4.84. The molecule has 24 heavy (non-hydrogen) atoms. The van der Waals surface area contributed by atoms with Crippen LogP contribution in [0.1, 0.15) is 44.3 Å². The highest BCUT2D eigenvalue weighted by Gasteiger charge is 2.26. The molecule has 132 valence electrons. The van der Waals surface area contributed by atoms with Crippen molar-refractivity contribution in [3.63, 3.8) is 0 Å². The maximum Gasteiger partial charge on any atom is 0.321 e. The summed E-state index contributed by atoms with van der Waals surface area (Å²) >= 11 is 0. The summed E-state index contributed by atoms with van der Waals surface area (Å²) in [4.78, 5) is 14.3. The van der Waals surface area contributed by atoms with Gasteiger partial charge in [-0.15, -0.1) is 0 Å². The van der Waals surface area contributed by atoms with E-state index in [0.29, 0.717) is 6.10 Å². The van der Waals surface area contributed by atoms with Crippen molar-refractivity contribution in [3.8, 4) is 0 Å². The van der Waals surface area contributed by atoms with Crippen LogP contribution in [0.5, 0.6) is 0 Å². The van der Waals surface area contributed by atoms with Crippen molar-refractivity contribution in [1.82, 2.24) is 4.90 Å². The van der Waals surface area contributed by atoms with Gasteiger partial charge in [0.05, 0.1) is 12.2 Å². The summed E-state index contributed by atoms with van der Waals surface area (Å²) in [6, 6.07) is 7.80. The third-order valence-corrected chi connectivity index (χ3v) is 4.95. The lowest BCUT2D eigenvalue weighted by Gasteiger charge is -2.32. The van der Waals surface area contributed by atoms with Gasteiger partial charge in [-0.25, -0.2) is 4.79 Å². The van der Waals surface area contributed by atoms with Crippen LogP contribution in [0.4, 0.5) is 10.5 Å². The van der Waals surface area contributed by atoms with Crippen LogP contribution >= 0.6 is 0 Å². The highest BCUT2D eigenvalue weighted by Crippen LogP contribution is 2.30. The minimum atomic E-state index is -0.0298. The van der Waals surface area contributed by atoms with Crippen molar-refractivity contribution < 1.29 is 14.3 Å². The average Bonchev–Trinajstić information content (AvgIpc) is 3.44. The fourth-order valence-corrected chi connectivity index (χ4v) is 2.99. The summed E-state index contributed by atoms with van der Waals surface area (Å²) in [5.74, 6) is 0.799. The molecule has 1 aliphatic carbocycles. The maximum absolute atomic E-state index is 12.4. The molecular weight excluding hydrogens is 304 g/mol. The Morgan fingerprint density at radius 1 is 1.29 bits per heavy atom. The quantitative estimate of drug-likeness (QED) is 0.861. The van der Waals surface area contributed by atoms with Gasteiger partial charge in [0.25, 0.3) is 0 Å². The Morgan fingerprint density at radius 2 is 2.04 bits per heavy atom. The van der Waals surface area contributed by atoms with Crippen LogP contribution in [-0.4, -0.2) is 43.8 Å². The second-order valence-corrected chi connectivity index (χ2v) is 6.90. The lowest BCUT2D eigenvalue weighted by Crippen LogP contribution is -2.43. The number of rotatable bonds is 6. The summed E-state index contributed by atoms with van der Waals surface area (Å²) in [6.45, 7) is 4.42. The van der Waals surface area contributed by atoms with Gasteiger partial charge >= 0.3 is 6.03 Å². The molecule has 1 atom stereocenters. The average molecular weight is 332 g/mol. The van der Waals surface area contributed by atoms with Gasteiger partial charge < -0.3 is 19.7 Å². The van der Waals surface area contributed by atoms with Crippen LogP contribution in [0, 0.1) is 5.92 Å². The molecule has 1 saturated carbocycles. The lowest BCUT2D eigenvalue weighted by molar-refractivity contribution is 0.0105. The smallest absolute Gasteiger partial charge is 0.321 e. The van der Waals surface area contributed by atoms with Gasteiger partial charge in [0.15, 0.2) is 0 Å². The van der Waals surface area contributed by atoms with Crippen LogP contribution in [0.25, 0.3) is 0 Å². The zero-order valence-corrected chi connectivity index (χ0v) is 14.7. The monoisotopic (exact) mass is 332 g/mol. The number of carbonyl (C=O) groups is 1. The SMILES string of the molecule is CO[C@H](C)c1cccc(NC(=O)N2CCC(OCC3CC3)CC2)c1. The third-order valence-electron chi connectivity index (χ3n) is 4.95. The Kier molecular flexibility index (Phi) is 5.74. The topological polar surface area (TPSA) is 50.8 Å². The number of carbonyl (C=O) groups excluding carboxylic acids is 1. The number of hydrogen-bond donors (Lipinski definition) is 1. The van der Waals surface area contributed by atoms with Gasteiger partial charge in [-0.2, -0.15) is 0 Å². The van der Waals surface area contributed by atoms with Crippen molar-refractivity contribution in [2.75, 3.05) is 32.1 Å².